The molecule has 5 heteroatoms. The van der Waals surface area contributed by atoms with Crippen LogP contribution in [0.3, 0.4) is 0 Å². The summed E-state index contributed by atoms with van der Waals surface area (Å²) in [6, 6.07) is 48.9. The molecular formula is C79H72N2O3. The van der Waals surface area contributed by atoms with E-state index in [2.05, 4.69) is 259 Å². The Morgan fingerprint density at radius 2 is 1.40 bits per heavy atom. The SMILES string of the molecule is C/C=C\C1OC2=CC(N(c3ccc(C(C)(C)C)cc3)c3cc4c(c5oc6c(c35)CCC=C6)-c3ccc(N(C5=CCC(C(C)(C)C)C=C5)c5ccc6c(c5)oc5ccccc56)cc3C43c4ccccc4-c4c3ccc3c4C=CCC3)CC=C2C1C. The van der Waals surface area contributed by atoms with Crippen molar-refractivity contribution in [2.24, 2.45) is 17.3 Å². The molecule has 0 radical (unpaired) electrons. The number of hydrogen-bond donors (Lipinski definition) is 0. The Kier molecular flexibility index (Phi) is 11.4. The second-order valence-corrected chi connectivity index (χ2v) is 26.8. The van der Waals surface area contributed by atoms with Gasteiger partial charge in [0.2, 0.25) is 0 Å². The highest BCUT2D eigenvalue weighted by atomic mass is 16.5. The zero-order valence-electron chi connectivity index (χ0n) is 49.6. The van der Waals surface area contributed by atoms with Gasteiger partial charge in [-0.05, 0) is 196 Å². The zero-order chi connectivity index (χ0) is 57.0. The molecule has 0 N–H and O–H groups in total. The van der Waals surface area contributed by atoms with Gasteiger partial charge in [-0.25, -0.2) is 0 Å². The number of fused-ring (bicyclic) bond motifs is 20. The molecule has 7 aromatic carbocycles. The Morgan fingerprint density at radius 1 is 0.643 bits per heavy atom. The first-order chi connectivity index (χ1) is 40.8. The van der Waals surface area contributed by atoms with E-state index in [1.165, 1.54) is 83.4 Å². The lowest BCUT2D eigenvalue weighted by atomic mass is 9.69. The lowest BCUT2D eigenvalue weighted by Crippen LogP contribution is -2.32. The number of rotatable bonds is 7. The van der Waals surface area contributed by atoms with Crippen LogP contribution in [0.1, 0.15) is 131 Å². The van der Waals surface area contributed by atoms with E-state index in [0.29, 0.717) is 5.92 Å². The number of nitrogens with zero attached hydrogens (tertiary/aromatic N) is 2. The summed E-state index contributed by atoms with van der Waals surface area (Å²) in [7, 11) is 0. The van der Waals surface area contributed by atoms with Gasteiger partial charge in [0.05, 0.1) is 17.1 Å². The maximum absolute atomic E-state index is 7.58. The third kappa shape index (κ3) is 7.52. The summed E-state index contributed by atoms with van der Waals surface area (Å²) in [6.07, 6.45) is 31.6. The summed E-state index contributed by atoms with van der Waals surface area (Å²) >= 11 is 0. The van der Waals surface area contributed by atoms with Crippen molar-refractivity contribution in [3.8, 4) is 22.3 Å². The number of para-hydroxylation sites is 1. The van der Waals surface area contributed by atoms with Gasteiger partial charge < -0.3 is 23.4 Å². The summed E-state index contributed by atoms with van der Waals surface area (Å²) in [5.74, 6) is 2.65. The average molecular weight is 1100 g/mol. The molecule has 6 aliphatic carbocycles. The predicted octanol–water partition coefficient (Wildman–Crippen LogP) is 20.9. The Morgan fingerprint density at radius 3 is 2.23 bits per heavy atom. The van der Waals surface area contributed by atoms with Crippen LogP contribution in [-0.4, -0.2) is 12.1 Å². The standard InChI is InChI=1S/C79H72N2O3/c1-9-18-68-47(2)56-39-36-55(45-71(56)82-68)81(52-34-30-50(31-35-52)78(6,7)8)67-46-66-74(76-75(67)62-23-14-17-26-70(62)84-76)61-41-38-53(43-65(61)79(66)63-24-15-12-22-60(63)73-57-20-11-10-19-48(57)27-42-64(73)79)80(51-32-28-49(29-33-51)77(3,4)5)54-37-40-59-58-21-13-16-25-69(58)83-72(59)44-54/h9,11-13,15-18,20-22,24-28,30-35,37-47,49,55,68H,10,14,19,23,29,36H2,1-8H3/b18-9-. The minimum absolute atomic E-state index is 0.00594. The molecular weight excluding hydrogens is 1020 g/mol. The van der Waals surface area contributed by atoms with Gasteiger partial charge >= 0.3 is 0 Å². The van der Waals surface area contributed by atoms with Gasteiger partial charge in [0.25, 0.3) is 0 Å². The van der Waals surface area contributed by atoms with Crippen LogP contribution in [-0.2, 0) is 28.4 Å². The molecule has 7 aliphatic rings. The lowest BCUT2D eigenvalue weighted by molar-refractivity contribution is 0.177. The quantitative estimate of drug-likeness (QED) is 0.149. The van der Waals surface area contributed by atoms with Crippen molar-refractivity contribution in [2.45, 2.75) is 117 Å². The van der Waals surface area contributed by atoms with Gasteiger partial charge in [-0.15, -0.1) is 0 Å². The zero-order valence-corrected chi connectivity index (χ0v) is 49.6. The molecule has 0 amide bonds. The molecule has 1 aliphatic heterocycles. The van der Waals surface area contributed by atoms with E-state index < -0.39 is 5.41 Å². The smallest absolute Gasteiger partial charge is 0.145 e. The first kappa shape index (κ1) is 51.1. The van der Waals surface area contributed by atoms with Crippen molar-refractivity contribution in [2.75, 3.05) is 9.80 Å². The third-order valence-electron chi connectivity index (χ3n) is 20.0. The van der Waals surface area contributed by atoms with Gasteiger partial charge in [0, 0.05) is 62.0 Å². The molecule has 16 rings (SSSR count). The van der Waals surface area contributed by atoms with Gasteiger partial charge in [0.15, 0.2) is 0 Å². The first-order valence-electron chi connectivity index (χ1n) is 30.9. The van der Waals surface area contributed by atoms with Crippen LogP contribution in [0.5, 0.6) is 0 Å². The monoisotopic (exact) mass is 1100 g/mol. The van der Waals surface area contributed by atoms with Gasteiger partial charge in [-0.2, -0.15) is 0 Å². The molecule has 1 fully saturated rings. The largest absolute Gasteiger partial charge is 0.486 e. The maximum Gasteiger partial charge on any atom is 0.145 e. The molecule has 5 nitrogen and oxygen atoms in total. The van der Waals surface area contributed by atoms with Crippen molar-refractivity contribution in [3.63, 3.8) is 0 Å². The Labute approximate surface area is 494 Å². The number of aryl methyl sites for hydroxylation is 2. The topological polar surface area (TPSA) is 42.0 Å². The van der Waals surface area contributed by atoms with Crippen LogP contribution in [0.15, 0.2) is 208 Å². The van der Waals surface area contributed by atoms with E-state index in [1.54, 1.807) is 0 Å². The fraction of sp³-hybridized carbons (Fsp3) is 0.266. The number of allylic oxidation sites excluding steroid dienone is 7. The van der Waals surface area contributed by atoms with Crippen LogP contribution in [0.4, 0.5) is 22.7 Å². The average Bonchev–Trinajstić information content (AvgIpc) is 1.50. The van der Waals surface area contributed by atoms with Crippen molar-refractivity contribution < 1.29 is 13.6 Å². The van der Waals surface area contributed by atoms with E-state index in [1.807, 2.05) is 0 Å². The number of furan rings is 2. The van der Waals surface area contributed by atoms with Gasteiger partial charge in [-0.3, -0.25) is 0 Å². The van der Waals surface area contributed by atoms with E-state index >= 15 is 0 Å². The highest BCUT2D eigenvalue weighted by molar-refractivity contribution is 6.12. The highest BCUT2D eigenvalue weighted by Gasteiger charge is 2.54. The fourth-order valence-electron chi connectivity index (χ4n) is 15.7. The molecule has 5 unspecified atom stereocenters. The minimum Gasteiger partial charge on any atom is -0.486 e. The van der Waals surface area contributed by atoms with E-state index in [0.717, 1.165) is 100 Å². The number of hydrogen-bond acceptors (Lipinski definition) is 5. The summed E-state index contributed by atoms with van der Waals surface area (Å²) < 4.78 is 21.2. The van der Waals surface area contributed by atoms with E-state index in [-0.39, 0.29) is 28.9 Å². The molecule has 2 aromatic heterocycles. The Hall–Kier alpha value is -8.54. The maximum atomic E-state index is 7.58. The molecule has 1 saturated heterocycles. The second kappa shape index (κ2) is 18.7. The number of benzene rings is 7. The summed E-state index contributed by atoms with van der Waals surface area (Å²) in [5, 5.41) is 3.45. The van der Waals surface area contributed by atoms with E-state index in [4.69, 9.17) is 13.6 Å². The summed E-state index contributed by atoms with van der Waals surface area (Å²) in [5.41, 5.74) is 24.6. The molecule has 9 aromatic rings. The number of ether oxygens (including phenoxy) is 1. The predicted molar refractivity (Wildman–Crippen MR) is 349 cm³/mol. The summed E-state index contributed by atoms with van der Waals surface area (Å²) in [6.45, 7) is 18.4. The molecule has 416 valence electrons. The van der Waals surface area contributed by atoms with Gasteiger partial charge in [-0.1, -0.05) is 164 Å². The van der Waals surface area contributed by atoms with Crippen LogP contribution < -0.4 is 9.80 Å². The lowest BCUT2D eigenvalue weighted by Gasteiger charge is -2.37. The Balaban J connectivity index is 0.987. The molecule has 0 saturated carbocycles. The van der Waals surface area contributed by atoms with Crippen LogP contribution in [0.25, 0.3) is 67.3 Å². The molecule has 1 spiro atoms. The molecule has 0 bridgehead atoms. The number of anilines is 4. The minimum atomic E-state index is -0.731. The molecule has 3 heterocycles. The van der Waals surface area contributed by atoms with Crippen molar-refractivity contribution in [1.82, 2.24) is 0 Å². The molecule has 84 heavy (non-hydrogen) atoms. The highest BCUT2D eigenvalue weighted by Crippen LogP contribution is 2.67. The van der Waals surface area contributed by atoms with Gasteiger partial charge in [0.1, 0.15) is 34.4 Å². The third-order valence-corrected chi connectivity index (χ3v) is 20.0. The van der Waals surface area contributed by atoms with E-state index in [9.17, 15) is 0 Å². The summed E-state index contributed by atoms with van der Waals surface area (Å²) in [4.78, 5) is 5.14. The molecule has 5 atom stereocenters. The Bertz CT molecular complexity index is 4490. The van der Waals surface area contributed by atoms with Crippen LogP contribution >= 0.6 is 0 Å². The van der Waals surface area contributed by atoms with Crippen LogP contribution in [0.2, 0.25) is 0 Å². The second-order valence-electron chi connectivity index (χ2n) is 26.8. The van der Waals surface area contributed by atoms with Crippen molar-refractivity contribution >= 4 is 67.8 Å². The first-order valence-corrected chi connectivity index (χ1v) is 30.9. The normalized spacial score (nSPS) is 21.7. The van der Waals surface area contributed by atoms with Crippen molar-refractivity contribution in [3.05, 3.63) is 249 Å². The van der Waals surface area contributed by atoms with Crippen molar-refractivity contribution in [1.29, 1.82) is 0 Å². The fourth-order valence-corrected chi connectivity index (χ4v) is 15.7. The van der Waals surface area contributed by atoms with Crippen LogP contribution in [0, 0.1) is 17.3 Å².